The first-order valence-corrected chi connectivity index (χ1v) is 14.8. The normalized spacial score (nSPS) is 21.4. The van der Waals surface area contributed by atoms with Gasteiger partial charge in [-0.05, 0) is 79.0 Å². The lowest BCUT2D eigenvalue weighted by atomic mass is 10.0. The third-order valence-electron chi connectivity index (χ3n) is 6.94. The highest BCUT2D eigenvalue weighted by Gasteiger charge is 2.31. The number of aliphatic hydroxyl groups excluding tert-OH is 1. The number of likely N-dealkylation sites (N-methyl/N-ethyl adjacent to an activating group) is 1. The van der Waals surface area contributed by atoms with E-state index in [4.69, 9.17) is 9.47 Å². The van der Waals surface area contributed by atoms with Crippen LogP contribution >= 0.6 is 0 Å². The van der Waals surface area contributed by atoms with E-state index in [0.29, 0.717) is 30.2 Å². The van der Waals surface area contributed by atoms with Crippen LogP contribution in [0.4, 0.5) is 15.3 Å². The smallest absolute Gasteiger partial charge is 0.319 e. The molecular formula is C30H51N5O6. The van der Waals surface area contributed by atoms with Gasteiger partial charge in [0.25, 0.3) is 5.91 Å². The number of carbonyl (C=O) groups is 3. The van der Waals surface area contributed by atoms with Crippen LogP contribution in [0.2, 0.25) is 0 Å². The molecule has 11 heteroatoms. The number of rotatable bonds is 7. The monoisotopic (exact) mass is 577 g/mol. The number of hydrogen-bond donors (Lipinski definition) is 4. The fourth-order valence-corrected chi connectivity index (χ4v) is 4.60. The molecule has 4 N–H and O–H groups in total. The van der Waals surface area contributed by atoms with Gasteiger partial charge in [-0.2, -0.15) is 0 Å². The number of ether oxygens (including phenoxy) is 2. The maximum absolute atomic E-state index is 14.1. The van der Waals surface area contributed by atoms with Crippen LogP contribution in [0.5, 0.6) is 5.75 Å². The summed E-state index contributed by atoms with van der Waals surface area (Å²) in [4.78, 5) is 42.3. The summed E-state index contributed by atoms with van der Waals surface area (Å²) in [7, 11) is 1.73. The molecule has 1 heterocycles. The van der Waals surface area contributed by atoms with Crippen LogP contribution < -0.4 is 20.7 Å². The molecule has 0 unspecified atom stereocenters. The molecule has 232 valence electrons. The average molecular weight is 578 g/mol. The van der Waals surface area contributed by atoms with E-state index in [-0.39, 0.29) is 61.3 Å². The van der Waals surface area contributed by atoms with Crippen molar-refractivity contribution in [3.8, 4) is 5.75 Å². The third-order valence-corrected chi connectivity index (χ3v) is 6.94. The van der Waals surface area contributed by atoms with Crippen LogP contribution in [-0.2, 0) is 4.74 Å². The summed E-state index contributed by atoms with van der Waals surface area (Å²) in [5.74, 6) is -0.0584. The van der Waals surface area contributed by atoms with Crippen LogP contribution in [0, 0.1) is 5.92 Å². The zero-order chi connectivity index (χ0) is 30.7. The Balaban J connectivity index is 2.44. The number of benzene rings is 1. The SMILES string of the molecule is CC(C)NC(=O)Nc1ccc2c(c1)C(=O)N([C@H](C)CO)C[C@H](C)[C@@H](CN(C)C(=O)NC(C)C)OCCCC[C@H](C)O2. The molecule has 0 saturated carbocycles. The van der Waals surface area contributed by atoms with Gasteiger partial charge >= 0.3 is 12.1 Å². The summed E-state index contributed by atoms with van der Waals surface area (Å²) in [6, 6.07) is 3.95. The number of nitrogens with zero attached hydrogens (tertiary/aromatic N) is 2. The van der Waals surface area contributed by atoms with E-state index in [1.54, 1.807) is 42.0 Å². The van der Waals surface area contributed by atoms with E-state index in [1.165, 1.54) is 0 Å². The number of nitrogens with one attached hydrogen (secondary N) is 3. The molecule has 0 aliphatic carbocycles. The van der Waals surface area contributed by atoms with Crippen molar-refractivity contribution in [2.45, 2.75) is 98.1 Å². The van der Waals surface area contributed by atoms with E-state index in [2.05, 4.69) is 16.0 Å². The van der Waals surface area contributed by atoms with Gasteiger partial charge in [0.2, 0.25) is 0 Å². The number of fused-ring (bicyclic) bond motifs is 1. The number of carbonyl (C=O) groups excluding carboxylic acids is 3. The van der Waals surface area contributed by atoms with Crippen molar-refractivity contribution in [3.05, 3.63) is 23.8 Å². The van der Waals surface area contributed by atoms with E-state index in [1.807, 2.05) is 41.5 Å². The summed E-state index contributed by atoms with van der Waals surface area (Å²) >= 11 is 0. The topological polar surface area (TPSA) is 132 Å². The zero-order valence-electron chi connectivity index (χ0n) is 26.0. The van der Waals surface area contributed by atoms with Gasteiger partial charge in [0, 0.05) is 50.4 Å². The first-order chi connectivity index (χ1) is 19.3. The Morgan fingerprint density at radius 1 is 1.10 bits per heavy atom. The van der Waals surface area contributed by atoms with Gasteiger partial charge in [-0.3, -0.25) is 4.79 Å². The minimum Gasteiger partial charge on any atom is -0.490 e. The summed E-state index contributed by atoms with van der Waals surface area (Å²) in [6.07, 6.45) is 1.98. The summed E-state index contributed by atoms with van der Waals surface area (Å²) in [5, 5.41) is 18.6. The summed E-state index contributed by atoms with van der Waals surface area (Å²) in [6.45, 7) is 14.2. The lowest BCUT2D eigenvalue weighted by Gasteiger charge is -2.36. The molecular weight excluding hydrogens is 526 g/mol. The number of aliphatic hydroxyl groups is 1. The Kier molecular flexibility index (Phi) is 13.7. The number of hydrogen-bond acceptors (Lipinski definition) is 6. The van der Waals surface area contributed by atoms with Gasteiger partial charge in [0.05, 0.1) is 30.4 Å². The van der Waals surface area contributed by atoms with Crippen molar-refractivity contribution in [1.29, 1.82) is 0 Å². The standard InChI is InChI=1S/C30H51N5O6/c1-19(2)31-29(38)33-24-12-13-26-25(15-24)28(37)35(22(6)18-36)16-21(5)27(17-34(8)30(39)32-20(3)4)40-14-10-9-11-23(7)41-26/h12-13,15,19-23,27,36H,9-11,14,16-18H2,1-8H3,(H,32,39)(H2,31,33,38)/t21-,22+,23-,27+/m0/s1. The van der Waals surface area contributed by atoms with Crippen molar-refractivity contribution < 1.29 is 29.0 Å². The Hall–Kier alpha value is -3.05. The predicted molar refractivity (Wildman–Crippen MR) is 160 cm³/mol. The van der Waals surface area contributed by atoms with E-state index in [9.17, 15) is 19.5 Å². The lowest BCUT2D eigenvalue weighted by Crippen LogP contribution is -2.49. The Morgan fingerprint density at radius 3 is 2.41 bits per heavy atom. The van der Waals surface area contributed by atoms with Crippen molar-refractivity contribution in [2.24, 2.45) is 5.92 Å². The molecule has 0 radical (unpaired) electrons. The van der Waals surface area contributed by atoms with Crippen LogP contribution in [0.25, 0.3) is 0 Å². The highest BCUT2D eigenvalue weighted by Crippen LogP contribution is 2.28. The van der Waals surface area contributed by atoms with Gasteiger partial charge in [-0.1, -0.05) is 6.92 Å². The Labute approximate surface area is 245 Å². The Bertz CT molecular complexity index is 1000. The zero-order valence-corrected chi connectivity index (χ0v) is 26.0. The van der Waals surface area contributed by atoms with Gasteiger partial charge in [0.1, 0.15) is 5.75 Å². The molecule has 5 amide bonds. The second-order valence-electron chi connectivity index (χ2n) is 11.7. The maximum atomic E-state index is 14.1. The largest absolute Gasteiger partial charge is 0.490 e. The molecule has 11 nitrogen and oxygen atoms in total. The Morgan fingerprint density at radius 2 is 1.78 bits per heavy atom. The van der Waals surface area contributed by atoms with Crippen molar-refractivity contribution >= 4 is 23.7 Å². The maximum Gasteiger partial charge on any atom is 0.319 e. The van der Waals surface area contributed by atoms with Crippen LogP contribution in [0.15, 0.2) is 18.2 Å². The molecule has 1 aliphatic heterocycles. The first kappa shape index (κ1) is 34.2. The highest BCUT2D eigenvalue weighted by atomic mass is 16.5. The molecule has 4 atom stereocenters. The van der Waals surface area contributed by atoms with Gasteiger partial charge in [-0.25, -0.2) is 9.59 Å². The quantitative estimate of drug-likeness (QED) is 0.386. The molecule has 1 aliphatic rings. The number of amides is 5. The number of anilines is 1. The third kappa shape index (κ3) is 11.0. The molecule has 2 rings (SSSR count). The van der Waals surface area contributed by atoms with Gasteiger partial charge < -0.3 is 40.3 Å². The van der Waals surface area contributed by atoms with Crippen LogP contribution in [-0.4, -0.2) is 96.6 Å². The molecule has 1 aromatic carbocycles. The fraction of sp³-hybridized carbons (Fsp3) is 0.700. The highest BCUT2D eigenvalue weighted by molar-refractivity contribution is 5.99. The molecule has 0 fully saturated rings. The van der Waals surface area contributed by atoms with Gasteiger partial charge in [0.15, 0.2) is 0 Å². The molecule has 0 saturated heterocycles. The fourth-order valence-electron chi connectivity index (χ4n) is 4.60. The van der Waals surface area contributed by atoms with Gasteiger partial charge in [-0.15, -0.1) is 0 Å². The molecule has 0 aromatic heterocycles. The molecule has 0 spiro atoms. The second-order valence-corrected chi connectivity index (χ2v) is 11.7. The van der Waals surface area contributed by atoms with Crippen LogP contribution in [0.3, 0.4) is 0 Å². The van der Waals surface area contributed by atoms with Crippen molar-refractivity contribution in [2.75, 3.05) is 38.7 Å². The predicted octanol–water partition coefficient (Wildman–Crippen LogP) is 4.06. The molecule has 1 aromatic rings. The summed E-state index contributed by atoms with van der Waals surface area (Å²) < 4.78 is 12.5. The van der Waals surface area contributed by atoms with Crippen molar-refractivity contribution in [3.63, 3.8) is 0 Å². The minimum atomic E-state index is -0.494. The average Bonchev–Trinajstić information content (AvgIpc) is 2.89. The van der Waals surface area contributed by atoms with Crippen molar-refractivity contribution in [1.82, 2.24) is 20.4 Å². The second kappa shape index (κ2) is 16.4. The summed E-state index contributed by atoms with van der Waals surface area (Å²) in [5.41, 5.74) is 0.755. The van der Waals surface area contributed by atoms with E-state index < -0.39 is 6.04 Å². The minimum absolute atomic E-state index is 0.00547. The number of urea groups is 2. The molecule has 41 heavy (non-hydrogen) atoms. The van der Waals surface area contributed by atoms with Crippen LogP contribution in [0.1, 0.15) is 78.1 Å². The first-order valence-electron chi connectivity index (χ1n) is 14.8. The lowest BCUT2D eigenvalue weighted by molar-refractivity contribution is -0.0122. The van der Waals surface area contributed by atoms with E-state index >= 15 is 0 Å². The molecule has 0 bridgehead atoms. The van der Waals surface area contributed by atoms with E-state index in [0.717, 1.165) is 19.3 Å².